The highest BCUT2D eigenvalue weighted by atomic mass is 16.6. The summed E-state index contributed by atoms with van der Waals surface area (Å²) < 4.78 is 7.27. The first kappa shape index (κ1) is 29.4. The van der Waals surface area contributed by atoms with Crippen LogP contribution in [0.25, 0.3) is 11.1 Å². The Kier molecular flexibility index (Phi) is 9.00. The third kappa shape index (κ3) is 7.41. The van der Waals surface area contributed by atoms with Crippen molar-refractivity contribution in [2.75, 3.05) is 19.6 Å². The van der Waals surface area contributed by atoms with E-state index >= 15 is 0 Å². The van der Waals surface area contributed by atoms with Gasteiger partial charge in [-0.2, -0.15) is 0 Å². The van der Waals surface area contributed by atoms with Gasteiger partial charge in [-0.15, -0.1) is 0 Å². The van der Waals surface area contributed by atoms with E-state index in [9.17, 15) is 14.4 Å². The summed E-state index contributed by atoms with van der Waals surface area (Å²) in [6, 6.07) is 23.5. The average Bonchev–Trinajstić information content (AvgIpc) is 2.98. The summed E-state index contributed by atoms with van der Waals surface area (Å²) in [4.78, 5) is 43.1. The van der Waals surface area contributed by atoms with Gasteiger partial charge in [-0.1, -0.05) is 60.7 Å². The lowest BCUT2D eigenvalue weighted by molar-refractivity contribution is 0.0453. The number of ether oxygens (including phenoxy) is 1. The molecule has 2 atom stereocenters. The van der Waals surface area contributed by atoms with E-state index in [1.807, 2.05) is 103 Å². The number of piperidine rings is 2. The molecule has 2 saturated heterocycles. The van der Waals surface area contributed by atoms with E-state index in [0.717, 1.165) is 29.5 Å². The van der Waals surface area contributed by atoms with Crippen molar-refractivity contribution in [1.82, 2.24) is 19.7 Å². The van der Waals surface area contributed by atoms with Crippen molar-refractivity contribution in [2.24, 2.45) is 5.92 Å². The number of nitrogens with one attached hydrogen (secondary N) is 1. The summed E-state index contributed by atoms with van der Waals surface area (Å²) in [6.45, 7) is 8.10. The molecule has 2 aromatic carbocycles. The molecule has 2 aliphatic heterocycles. The van der Waals surface area contributed by atoms with Crippen molar-refractivity contribution in [3.05, 3.63) is 94.9 Å². The Hall–Kier alpha value is -4.07. The molecule has 0 spiro atoms. The molecule has 0 radical (unpaired) electrons. The molecular weight excluding hydrogens is 528 g/mol. The summed E-state index contributed by atoms with van der Waals surface area (Å²) in [5, 5.41) is 3.02. The van der Waals surface area contributed by atoms with Crippen LogP contribution in [0.1, 0.15) is 58.1 Å². The summed E-state index contributed by atoms with van der Waals surface area (Å²) >= 11 is 0. The molecule has 8 heteroatoms. The average molecular weight is 571 g/mol. The lowest BCUT2D eigenvalue weighted by atomic mass is 9.91. The second-order valence-corrected chi connectivity index (χ2v) is 12.5. The van der Waals surface area contributed by atoms with Gasteiger partial charge in [-0.3, -0.25) is 4.79 Å². The van der Waals surface area contributed by atoms with Crippen LogP contribution >= 0.6 is 0 Å². The minimum absolute atomic E-state index is 0.00317. The minimum Gasteiger partial charge on any atom is -0.444 e. The zero-order valence-electron chi connectivity index (χ0n) is 24.9. The Morgan fingerprint density at radius 3 is 2.19 bits per heavy atom. The maximum absolute atomic E-state index is 13.8. The smallest absolute Gasteiger partial charge is 0.407 e. The van der Waals surface area contributed by atoms with Crippen LogP contribution in [-0.2, 0) is 11.3 Å². The predicted molar refractivity (Wildman–Crippen MR) is 164 cm³/mol. The number of benzene rings is 2. The first-order valence-electron chi connectivity index (χ1n) is 15.0. The number of carbonyl (C=O) groups is 2. The molecule has 0 aliphatic carbocycles. The van der Waals surface area contributed by atoms with Gasteiger partial charge in [0.2, 0.25) is 0 Å². The molecule has 3 heterocycles. The third-order valence-electron chi connectivity index (χ3n) is 8.20. The molecule has 0 saturated carbocycles. The summed E-state index contributed by atoms with van der Waals surface area (Å²) in [5.74, 6) is 0.336. The van der Waals surface area contributed by atoms with Crippen LogP contribution in [0.3, 0.4) is 0 Å². The molecule has 2 fully saturated rings. The first-order valence-corrected chi connectivity index (χ1v) is 15.0. The maximum Gasteiger partial charge on any atom is 0.407 e. The lowest BCUT2D eigenvalue weighted by Gasteiger charge is -2.43. The van der Waals surface area contributed by atoms with E-state index < -0.39 is 11.7 Å². The van der Waals surface area contributed by atoms with Crippen LogP contribution in [0.5, 0.6) is 0 Å². The number of hydrogen-bond donors (Lipinski definition) is 1. The van der Waals surface area contributed by atoms with Gasteiger partial charge < -0.3 is 24.4 Å². The number of nitrogens with zero attached hydrogens (tertiary/aromatic N) is 3. The zero-order valence-corrected chi connectivity index (χ0v) is 24.9. The van der Waals surface area contributed by atoms with Crippen molar-refractivity contribution >= 4 is 12.1 Å². The number of hydrogen-bond acceptors (Lipinski definition) is 4. The van der Waals surface area contributed by atoms with E-state index in [4.69, 9.17) is 4.74 Å². The van der Waals surface area contributed by atoms with Crippen LogP contribution in [0.2, 0.25) is 0 Å². The number of rotatable bonds is 5. The van der Waals surface area contributed by atoms with Crippen molar-refractivity contribution in [3.8, 4) is 11.1 Å². The Morgan fingerprint density at radius 1 is 0.881 bits per heavy atom. The van der Waals surface area contributed by atoms with E-state index in [2.05, 4.69) is 5.32 Å². The third-order valence-corrected chi connectivity index (χ3v) is 8.20. The van der Waals surface area contributed by atoms with Crippen molar-refractivity contribution in [2.45, 2.75) is 70.7 Å². The number of amides is 3. The van der Waals surface area contributed by atoms with Crippen LogP contribution in [-0.4, -0.2) is 57.8 Å². The summed E-state index contributed by atoms with van der Waals surface area (Å²) in [7, 11) is 0. The fourth-order valence-corrected chi connectivity index (χ4v) is 6.03. The Labute approximate surface area is 248 Å². The van der Waals surface area contributed by atoms with Gasteiger partial charge in [0.1, 0.15) is 5.60 Å². The second kappa shape index (κ2) is 12.8. The van der Waals surface area contributed by atoms with Crippen molar-refractivity contribution in [3.63, 3.8) is 0 Å². The van der Waals surface area contributed by atoms with Crippen molar-refractivity contribution in [1.29, 1.82) is 0 Å². The predicted octanol–water partition coefficient (Wildman–Crippen LogP) is 6.08. The number of likely N-dealkylation sites (tertiary alicyclic amines) is 2. The second-order valence-electron chi connectivity index (χ2n) is 12.5. The highest BCUT2D eigenvalue weighted by Gasteiger charge is 2.37. The van der Waals surface area contributed by atoms with E-state index in [-0.39, 0.29) is 23.7 Å². The molecule has 5 rings (SSSR count). The fourth-order valence-electron chi connectivity index (χ4n) is 6.03. The van der Waals surface area contributed by atoms with Crippen LogP contribution < -0.4 is 10.9 Å². The van der Waals surface area contributed by atoms with E-state index in [1.54, 1.807) is 10.6 Å². The molecule has 222 valence electrons. The SMILES string of the molecule is CC(C)(C)OC(=O)N[C@@H]1CCN(C(=O)N2CCC(Cn3ccc(-c4ccccc4)cc3=O)CC2)[C@H](c2ccccc2)C1. The highest BCUT2D eigenvalue weighted by Crippen LogP contribution is 2.33. The van der Waals surface area contributed by atoms with E-state index in [0.29, 0.717) is 44.9 Å². The number of aromatic nitrogens is 1. The number of carbonyl (C=O) groups excluding carboxylic acids is 2. The van der Waals surface area contributed by atoms with Gasteiger partial charge in [0, 0.05) is 44.5 Å². The Balaban J connectivity index is 1.19. The summed E-state index contributed by atoms with van der Waals surface area (Å²) in [5.41, 5.74) is 2.46. The molecule has 2 aliphatic rings. The van der Waals surface area contributed by atoms with Gasteiger partial charge in [-0.25, -0.2) is 9.59 Å². The van der Waals surface area contributed by atoms with Gasteiger partial charge >= 0.3 is 12.1 Å². The van der Waals surface area contributed by atoms with Crippen LogP contribution in [0.4, 0.5) is 9.59 Å². The quantitative estimate of drug-likeness (QED) is 0.403. The van der Waals surface area contributed by atoms with Crippen LogP contribution in [0, 0.1) is 5.92 Å². The highest BCUT2D eigenvalue weighted by molar-refractivity contribution is 5.75. The first-order chi connectivity index (χ1) is 20.2. The minimum atomic E-state index is -0.564. The lowest BCUT2D eigenvalue weighted by Crippen LogP contribution is -2.53. The number of alkyl carbamates (subject to hydrolysis) is 1. The van der Waals surface area contributed by atoms with Crippen molar-refractivity contribution < 1.29 is 14.3 Å². The topological polar surface area (TPSA) is 83.9 Å². The molecule has 0 unspecified atom stereocenters. The molecule has 1 N–H and O–H groups in total. The largest absolute Gasteiger partial charge is 0.444 e. The summed E-state index contributed by atoms with van der Waals surface area (Å²) in [6.07, 6.45) is 4.48. The molecule has 42 heavy (non-hydrogen) atoms. The zero-order chi connectivity index (χ0) is 29.7. The monoisotopic (exact) mass is 570 g/mol. The molecule has 8 nitrogen and oxygen atoms in total. The van der Waals surface area contributed by atoms with Gasteiger partial charge in [0.05, 0.1) is 6.04 Å². The molecule has 3 aromatic rings. The normalized spacial score (nSPS) is 19.8. The molecule has 0 bridgehead atoms. The standard InChI is InChI=1S/C34H42N4O4/c1-34(2,3)42-32(40)35-29-17-21-38(30(23-29)27-12-8-5-9-13-27)33(41)36-18-14-25(15-19-36)24-37-20-16-28(22-31(37)39)26-10-6-4-7-11-26/h4-13,16,20,22,25,29-30H,14-15,17-19,21,23-24H2,1-3H3,(H,35,40)/t29-,30+/m1/s1. The van der Waals surface area contributed by atoms with Gasteiger partial charge in [-0.05, 0) is 75.1 Å². The molecule has 3 amide bonds. The molecule has 1 aromatic heterocycles. The van der Waals surface area contributed by atoms with Gasteiger partial charge in [0.15, 0.2) is 0 Å². The van der Waals surface area contributed by atoms with Gasteiger partial charge in [0.25, 0.3) is 5.56 Å². The maximum atomic E-state index is 13.8. The number of pyridine rings is 1. The van der Waals surface area contributed by atoms with Crippen LogP contribution in [0.15, 0.2) is 83.8 Å². The molecular formula is C34H42N4O4. The Morgan fingerprint density at radius 2 is 1.55 bits per heavy atom. The number of urea groups is 1. The Bertz CT molecular complexity index is 1410. The fraction of sp³-hybridized carbons (Fsp3) is 0.441. The van der Waals surface area contributed by atoms with E-state index in [1.165, 1.54) is 0 Å².